The average molecular weight is 256 g/mol. The van der Waals surface area contributed by atoms with Crippen LogP contribution in [0.2, 0.25) is 0 Å². The van der Waals surface area contributed by atoms with Gasteiger partial charge in [0.05, 0.1) is 11.5 Å². The van der Waals surface area contributed by atoms with Gasteiger partial charge in [-0.15, -0.1) is 0 Å². The van der Waals surface area contributed by atoms with Crippen molar-refractivity contribution in [3.8, 4) is 0 Å². The summed E-state index contributed by atoms with van der Waals surface area (Å²) in [6.45, 7) is 0. The Balaban J connectivity index is 2.28. The molecule has 0 unspecified atom stereocenters. The average Bonchev–Trinajstić information content (AvgIpc) is 2.38. The van der Waals surface area contributed by atoms with E-state index in [4.69, 9.17) is 5.11 Å². The van der Waals surface area contributed by atoms with Crippen LogP contribution >= 0.6 is 0 Å². The van der Waals surface area contributed by atoms with Crippen molar-refractivity contribution in [3.63, 3.8) is 0 Å². The van der Waals surface area contributed by atoms with Gasteiger partial charge in [-0.1, -0.05) is 0 Å². The number of hydrogen-bond donors (Lipinski definition) is 1. The summed E-state index contributed by atoms with van der Waals surface area (Å²) in [5.74, 6) is -0.577. The zero-order chi connectivity index (χ0) is 12.5. The Morgan fingerprint density at radius 1 is 1.35 bits per heavy atom. The first-order chi connectivity index (χ1) is 7.96. The van der Waals surface area contributed by atoms with Crippen LogP contribution in [-0.4, -0.2) is 41.0 Å². The summed E-state index contributed by atoms with van der Waals surface area (Å²) in [7, 11) is -3.01. The third kappa shape index (κ3) is 3.00. The normalized spacial score (nSPS) is 18.1. The molecule has 0 atom stereocenters. The second-order valence-corrected chi connectivity index (χ2v) is 6.28. The molecule has 1 N–H and O–H groups in total. The minimum Gasteiger partial charge on any atom is -0.481 e. The first-order valence-corrected chi connectivity index (χ1v) is 7.04. The second-order valence-electron chi connectivity index (χ2n) is 3.98. The van der Waals surface area contributed by atoms with Gasteiger partial charge in [0.15, 0.2) is 9.84 Å². The summed E-state index contributed by atoms with van der Waals surface area (Å²) in [5.41, 5.74) is 1.47. The van der Waals surface area contributed by atoms with Crippen molar-refractivity contribution in [1.29, 1.82) is 0 Å². The third-order valence-corrected chi connectivity index (χ3v) is 4.30. The van der Waals surface area contributed by atoms with Crippen molar-refractivity contribution in [1.82, 2.24) is 9.97 Å². The maximum absolute atomic E-state index is 11.5. The molecule has 1 aliphatic rings. The molecule has 6 nitrogen and oxygen atoms in total. The van der Waals surface area contributed by atoms with Crippen LogP contribution in [0.4, 0.5) is 0 Å². The second kappa shape index (κ2) is 4.40. The van der Waals surface area contributed by atoms with Crippen LogP contribution in [-0.2, 0) is 33.9 Å². The molecular formula is C10H12N2O4S. The highest BCUT2D eigenvalue weighted by Gasteiger charge is 2.20. The summed E-state index contributed by atoms with van der Waals surface area (Å²) in [6, 6.07) is 0. The fourth-order valence-corrected chi connectivity index (χ4v) is 2.99. The Bertz CT molecular complexity index is 553. The number of aliphatic carboxylic acids is 1. The van der Waals surface area contributed by atoms with Gasteiger partial charge in [-0.3, -0.25) is 4.79 Å². The standard InChI is InChI=1S/C10H12N2O4S/c13-10(14)5-9-11-6-7-1-3-17(15,16)4-2-8(7)12-9/h6H,1-5H2,(H,13,14). The van der Waals surface area contributed by atoms with Crippen molar-refractivity contribution in [2.24, 2.45) is 0 Å². The van der Waals surface area contributed by atoms with E-state index in [9.17, 15) is 13.2 Å². The highest BCUT2D eigenvalue weighted by atomic mass is 32.2. The van der Waals surface area contributed by atoms with Crippen molar-refractivity contribution in [3.05, 3.63) is 23.3 Å². The van der Waals surface area contributed by atoms with Crippen molar-refractivity contribution in [2.45, 2.75) is 19.3 Å². The summed E-state index contributed by atoms with van der Waals surface area (Å²) in [4.78, 5) is 18.6. The number of aryl methyl sites for hydroxylation is 2. The maximum Gasteiger partial charge on any atom is 0.311 e. The number of carbonyl (C=O) groups is 1. The monoisotopic (exact) mass is 256 g/mol. The number of hydrogen-bond acceptors (Lipinski definition) is 5. The largest absolute Gasteiger partial charge is 0.481 e. The quantitative estimate of drug-likeness (QED) is 0.774. The lowest BCUT2D eigenvalue weighted by atomic mass is 10.1. The molecule has 0 bridgehead atoms. The molecule has 0 amide bonds. The van der Waals surface area contributed by atoms with Gasteiger partial charge in [0.25, 0.3) is 0 Å². The van der Waals surface area contributed by atoms with Gasteiger partial charge in [-0.05, 0) is 12.0 Å². The van der Waals surface area contributed by atoms with Crippen LogP contribution in [0.25, 0.3) is 0 Å². The molecule has 0 aliphatic carbocycles. The summed E-state index contributed by atoms with van der Waals surface area (Å²) >= 11 is 0. The minimum atomic E-state index is -3.01. The molecule has 2 rings (SSSR count). The maximum atomic E-state index is 11.5. The predicted octanol–water partition coefficient (Wildman–Crippen LogP) is -0.383. The molecule has 17 heavy (non-hydrogen) atoms. The van der Waals surface area contributed by atoms with Gasteiger partial charge >= 0.3 is 5.97 Å². The molecule has 0 saturated carbocycles. The van der Waals surface area contributed by atoms with Gasteiger partial charge < -0.3 is 5.11 Å². The van der Waals surface area contributed by atoms with E-state index < -0.39 is 15.8 Å². The van der Waals surface area contributed by atoms with E-state index in [0.29, 0.717) is 18.5 Å². The number of aromatic nitrogens is 2. The van der Waals surface area contributed by atoms with Gasteiger partial charge in [0.1, 0.15) is 12.2 Å². The Morgan fingerprint density at radius 3 is 2.76 bits per heavy atom. The number of fused-ring (bicyclic) bond motifs is 1. The predicted molar refractivity (Wildman–Crippen MR) is 59.4 cm³/mol. The topological polar surface area (TPSA) is 97.2 Å². The smallest absolute Gasteiger partial charge is 0.311 e. The van der Waals surface area contributed by atoms with Crippen LogP contribution in [0.15, 0.2) is 6.20 Å². The molecule has 0 aromatic carbocycles. The molecule has 0 spiro atoms. The van der Waals surface area contributed by atoms with Gasteiger partial charge in [0, 0.05) is 18.3 Å². The molecule has 1 aromatic heterocycles. The summed E-state index contributed by atoms with van der Waals surface area (Å²) in [5, 5.41) is 8.63. The van der Waals surface area contributed by atoms with E-state index in [2.05, 4.69) is 9.97 Å². The fraction of sp³-hybridized carbons (Fsp3) is 0.500. The molecule has 1 aliphatic heterocycles. The number of sulfone groups is 1. The van der Waals surface area contributed by atoms with E-state index >= 15 is 0 Å². The number of nitrogens with zero attached hydrogens (tertiary/aromatic N) is 2. The Morgan fingerprint density at radius 2 is 2.06 bits per heavy atom. The van der Waals surface area contributed by atoms with Crippen molar-refractivity contribution in [2.75, 3.05) is 11.5 Å². The van der Waals surface area contributed by atoms with Gasteiger partial charge in [0.2, 0.25) is 0 Å². The van der Waals surface area contributed by atoms with Gasteiger partial charge in [-0.2, -0.15) is 0 Å². The Labute approximate surface area is 98.6 Å². The minimum absolute atomic E-state index is 0.0729. The van der Waals surface area contributed by atoms with Crippen LogP contribution < -0.4 is 0 Å². The Hall–Kier alpha value is -1.50. The first kappa shape index (κ1) is 12.0. The lowest BCUT2D eigenvalue weighted by Gasteiger charge is -2.04. The van der Waals surface area contributed by atoms with E-state index in [1.165, 1.54) is 0 Å². The van der Waals surface area contributed by atoms with Crippen LogP contribution in [0.5, 0.6) is 0 Å². The zero-order valence-corrected chi connectivity index (χ0v) is 9.90. The lowest BCUT2D eigenvalue weighted by molar-refractivity contribution is -0.136. The van der Waals surface area contributed by atoms with Crippen LogP contribution in [0.1, 0.15) is 17.1 Å². The van der Waals surface area contributed by atoms with E-state index in [1.54, 1.807) is 6.20 Å². The third-order valence-electron chi connectivity index (χ3n) is 2.65. The SMILES string of the molecule is O=C(O)Cc1ncc2c(n1)CCS(=O)(=O)CC2. The molecule has 0 radical (unpaired) electrons. The molecule has 0 saturated heterocycles. The van der Waals surface area contributed by atoms with Gasteiger partial charge in [-0.25, -0.2) is 18.4 Å². The number of rotatable bonds is 2. The van der Waals surface area contributed by atoms with E-state index in [1.807, 2.05) is 0 Å². The van der Waals surface area contributed by atoms with Crippen LogP contribution in [0.3, 0.4) is 0 Å². The highest BCUT2D eigenvalue weighted by Crippen LogP contribution is 2.14. The molecule has 2 heterocycles. The number of carboxylic acids is 1. The highest BCUT2D eigenvalue weighted by molar-refractivity contribution is 7.91. The fourth-order valence-electron chi connectivity index (χ4n) is 1.75. The Kier molecular flexibility index (Phi) is 3.10. The molecular weight excluding hydrogens is 244 g/mol. The summed E-state index contributed by atoms with van der Waals surface area (Å²) < 4.78 is 22.9. The zero-order valence-electron chi connectivity index (χ0n) is 9.09. The van der Waals surface area contributed by atoms with Crippen molar-refractivity contribution >= 4 is 15.8 Å². The van der Waals surface area contributed by atoms with Crippen molar-refractivity contribution < 1.29 is 18.3 Å². The first-order valence-electron chi connectivity index (χ1n) is 5.22. The molecule has 7 heteroatoms. The summed E-state index contributed by atoms with van der Waals surface area (Å²) in [6.07, 6.45) is 2.05. The number of carboxylic acid groups (broad SMARTS) is 1. The molecule has 0 fully saturated rings. The lowest BCUT2D eigenvalue weighted by Crippen LogP contribution is -2.11. The molecule has 92 valence electrons. The van der Waals surface area contributed by atoms with Crippen LogP contribution in [0, 0.1) is 0 Å². The van der Waals surface area contributed by atoms with E-state index in [-0.39, 0.29) is 23.8 Å². The molecule has 1 aromatic rings. The van der Waals surface area contributed by atoms with E-state index in [0.717, 1.165) is 5.56 Å².